The summed E-state index contributed by atoms with van der Waals surface area (Å²) in [5, 5.41) is 5.28. The number of pyridine rings is 1. The number of hydrogen-bond acceptors (Lipinski definition) is 3. The molecule has 0 amide bonds. The Labute approximate surface area is 106 Å². The summed E-state index contributed by atoms with van der Waals surface area (Å²) in [7, 11) is 0. The Bertz CT molecular complexity index is 473. The van der Waals surface area contributed by atoms with Crippen molar-refractivity contribution in [2.75, 3.05) is 0 Å². The van der Waals surface area contributed by atoms with Gasteiger partial charge in [0.15, 0.2) is 0 Å². The summed E-state index contributed by atoms with van der Waals surface area (Å²) >= 11 is 5.15. The van der Waals surface area contributed by atoms with E-state index in [1.807, 2.05) is 11.4 Å². The van der Waals surface area contributed by atoms with Gasteiger partial charge in [0.1, 0.15) is 5.82 Å². The molecule has 0 unspecified atom stereocenters. The van der Waals surface area contributed by atoms with Crippen molar-refractivity contribution < 1.29 is 4.39 Å². The molecular weight excluding hydrogens is 291 g/mol. The highest BCUT2D eigenvalue weighted by Crippen LogP contribution is 2.22. The van der Waals surface area contributed by atoms with E-state index >= 15 is 0 Å². The molecule has 2 nitrogen and oxygen atoms in total. The van der Waals surface area contributed by atoms with E-state index in [1.165, 1.54) is 17.1 Å². The van der Waals surface area contributed by atoms with Gasteiger partial charge in [-0.1, -0.05) is 0 Å². The van der Waals surface area contributed by atoms with Crippen LogP contribution in [-0.2, 0) is 13.1 Å². The summed E-state index contributed by atoms with van der Waals surface area (Å²) in [4.78, 5) is 5.04. The number of thiophene rings is 1. The van der Waals surface area contributed by atoms with Crippen molar-refractivity contribution >= 4 is 27.3 Å². The minimum Gasteiger partial charge on any atom is -0.308 e. The van der Waals surface area contributed by atoms with Gasteiger partial charge in [-0.2, -0.15) is 0 Å². The van der Waals surface area contributed by atoms with Crippen molar-refractivity contribution in [1.29, 1.82) is 0 Å². The fourth-order valence-corrected chi connectivity index (χ4v) is 2.79. The molecule has 2 aromatic rings. The molecule has 0 aliphatic carbocycles. The lowest BCUT2D eigenvalue weighted by atomic mass is 10.3. The monoisotopic (exact) mass is 300 g/mol. The Morgan fingerprint density at radius 2 is 2.25 bits per heavy atom. The SMILES string of the molecule is Fc1cncc(CNCc2sccc2Br)c1. The van der Waals surface area contributed by atoms with E-state index in [1.54, 1.807) is 17.5 Å². The Kier molecular flexibility index (Phi) is 4.04. The molecule has 0 fully saturated rings. The van der Waals surface area contributed by atoms with Crippen LogP contribution in [0.15, 0.2) is 34.4 Å². The van der Waals surface area contributed by atoms with Crippen LogP contribution in [0.1, 0.15) is 10.4 Å². The first-order valence-electron chi connectivity index (χ1n) is 4.78. The third-order valence-electron chi connectivity index (χ3n) is 2.07. The van der Waals surface area contributed by atoms with Gasteiger partial charge in [0.2, 0.25) is 0 Å². The van der Waals surface area contributed by atoms with Gasteiger partial charge < -0.3 is 5.32 Å². The normalized spacial score (nSPS) is 10.6. The van der Waals surface area contributed by atoms with Crippen LogP contribution in [0.3, 0.4) is 0 Å². The van der Waals surface area contributed by atoms with Crippen LogP contribution in [0.2, 0.25) is 0 Å². The quantitative estimate of drug-likeness (QED) is 0.937. The van der Waals surface area contributed by atoms with Crippen LogP contribution in [0.25, 0.3) is 0 Å². The molecule has 0 aliphatic rings. The van der Waals surface area contributed by atoms with E-state index in [2.05, 4.69) is 26.2 Å². The minimum atomic E-state index is -0.295. The smallest absolute Gasteiger partial charge is 0.141 e. The lowest BCUT2D eigenvalue weighted by Gasteiger charge is -2.03. The van der Waals surface area contributed by atoms with E-state index in [-0.39, 0.29) is 5.82 Å². The fraction of sp³-hybridized carbons (Fsp3) is 0.182. The zero-order chi connectivity index (χ0) is 11.4. The first-order valence-corrected chi connectivity index (χ1v) is 6.45. The van der Waals surface area contributed by atoms with Gasteiger partial charge in [0, 0.05) is 28.6 Å². The fourth-order valence-electron chi connectivity index (χ4n) is 1.32. The molecule has 0 bridgehead atoms. The minimum absolute atomic E-state index is 0.295. The zero-order valence-corrected chi connectivity index (χ0v) is 10.8. The number of halogens is 2. The maximum absolute atomic E-state index is 12.8. The van der Waals surface area contributed by atoms with Crippen LogP contribution in [0.4, 0.5) is 4.39 Å². The molecule has 1 N–H and O–H groups in total. The molecule has 0 saturated heterocycles. The van der Waals surface area contributed by atoms with Gasteiger partial charge in [0.05, 0.1) is 6.20 Å². The van der Waals surface area contributed by atoms with Crippen LogP contribution in [0, 0.1) is 5.82 Å². The second kappa shape index (κ2) is 5.52. The van der Waals surface area contributed by atoms with Gasteiger partial charge in [-0.3, -0.25) is 4.98 Å². The molecule has 16 heavy (non-hydrogen) atoms. The summed E-state index contributed by atoms with van der Waals surface area (Å²) in [6, 6.07) is 3.51. The van der Waals surface area contributed by atoms with E-state index in [4.69, 9.17) is 0 Å². The van der Waals surface area contributed by atoms with Crippen LogP contribution in [0.5, 0.6) is 0 Å². The third-order valence-corrected chi connectivity index (χ3v) is 3.99. The van der Waals surface area contributed by atoms with Crippen molar-refractivity contribution in [1.82, 2.24) is 10.3 Å². The second-order valence-corrected chi connectivity index (χ2v) is 5.16. The number of nitrogens with zero attached hydrogens (tertiary/aromatic N) is 1. The standard InChI is InChI=1S/C11H10BrFN2S/c12-10-1-2-16-11(10)7-15-5-8-3-9(13)6-14-4-8/h1-4,6,15H,5,7H2. The lowest BCUT2D eigenvalue weighted by molar-refractivity contribution is 0.613. The van der Waals surface area contributed by atoms with Crippen molar-refractivity contribution in [3.8, 4) is 0 Å². The molecule has 0 aromatic carbocycles. The van der Waals surface area contributed by atoms with Crippen LogP contribution < -0.4 is 5.32 Å². The summed E-state index contributed by atoms with van der Waals surface area (Å²) in [6.45, 7) is 1.39. The Morgan fingerprint density at radius 1 is 1.38 bits per heavy atom. The van der Waals surface area contributed by atoms with E-state index in [0.29, 0.717) is 6.54 Å². The van der Waals surface area contributed by atoms with Gasteiger partial charge in [-0.15, -0.1) is 11.3 Å². The largest absolute Gasteiger partial charge is 0.308 e. The number of aromatic nitrogens is 1. The lowest BCUT2D eigenvalue weighted by Crippen LogP contribution is -2.12. The summed E-state index contributed by atoms with van der Waals surface area (Å²) < 4.78 is 13.9. The molecule has 84 valence electrons. The molecule has 2 heterocycles. The highest BCUT2D eigenvalue weighted by molar-refractivity contribution is 9.10. The van der Waals surface area contributed by atoms with E-state index in [9.17, 15) is 4.39 Å². The maximum atomic E-state index is 12.8. The number of nitrogens with one attached hydrogen (secondary N) is 1. The number of rotatable bonds is 4. The Hall–Kier alpha value is -0.780. The first-order chi connectivity index (χ1) is 7.75. The third kappa shape index (κ3) is 3.10. The Balaban J connectivity index is 1.87. The molecule has 0 saturated carbocycles. The zero-order valence-electron chi connectivity index (χ0n) is 8.41. The Morgan fingerprint density at radius 3 is 2.94 bits per heavy atom. The molecule has 2 rings (SSSR count). The average molecular weight is 301 g/mol. The highest BCUT2D eigenvalue weighted by atomic mass is 79.9. The molecule has 0 spiro atoms. The van der Waals surface area contributed by atoms with Gasteiger partial charge in [-0.05, 0) is 39.0 Å². The number of hydrogen-bond donors (Lipinski definition) is 1. The maximum Gasteiger partial charge on any atom is 0.141 e. The van der Waals surface area contributed by atoms with Crippen LogP contribution >= 0.6 is 27.3 Å². The van der Waals surface area contributed by atoms with Crippen molar-refractivity contribution in [3.63, 3.8) is 0 Å². The summed E-state index contributed by atoms with van der Waals surface area (Å²) in [5.41, 5.74) is 0.854. The van der Waals surface area contributed by atoms with E-state index < -0.39 is 0 Å². The van der Waals surface area contributed by atoms with Gasteiger partial charge >= 0.3 is 0 Å². The van der Waals surface area contributed by atoms with Crippen LogP contribution in [-0.4, -0.2) is 4.98 Å². The molecule has 0 radical (unpaired) electrons. The van der Waals surface area contributed by atoms with Gasteiger partial charge in [-0.25, -0.2) is 4.39 Å². The van der Waals surface area contributed by atoms with Crippen molar-refractivity contribution in [2.24, 2.45) is 0 Å². The predicted octanol–water partition coefficient (Wildman–Crippen LogP) is 3.33. The average Bonchev–Trinajstić information content (AvgIpc) is 2.65. The second-order valence-electron chi connectivity index (χ2n) is 3.31. The van der Waals surface area contributed by atoms with Gasteiger partial charge in [0.25, 0.3) is 0 Å². The van der Waals surface area contributed by atoms with E-state index in [0.717, 1.165) is 16.6 Å². The first kappa shape index (κ1) is 11.7. The predicted molar refractivity (Wildman–Crippen MR) is 66.8 cm³/mol. The molecule has 0 atom stereocenters. The molecular formula is C11H10BrFN2S. The molecule has 0 aliphatic heterocycles. The summed E-state index contributed by atoms with van der Waals surface area (Å²) in [5.74, 6) is -0.295. The summed E-state index contributed by atoms with van der Waals surface area (Å²) in [6.07, 6.45) is 2.87. The highest BCUT2D eigenvalue weighted by Gasteiger charge is 2.01. The molecule has 2 aromatic heterocycles. The topological polar surface area (TPSA) is 24.9 Å². The van der Waals surface area contributed by atoms with Crippen molar-refractivity contribution in [2.45, 2.75) is 13.1 Å². The van der Waals surface area contributed by atoms with Crippen molar-refractivity contribution in [3.05, 3.63) is 50.6 Å². The molecule has 5 heteroatoms.